The Kier molecular flexibility index (Phi) is 3.25. The van der Waals surface area contributed by atoms with Crippen LogP contribution in [0.15, 0.2) is 30.6 Å². The third-order valence-corrected chi connectivity index (χ3v) is 3.16. The maximum Gasteiger partial charge on any atom is 0.181 e. The molecule has 0 saturated heterocycles. The minimum absolute atomic E-state index is 0.749. The predicted octanol–water partition coefficient (Wildman–Crippen LogP) is 3.66. The number of H-pyrrole nitrogens is 1. The standard InChI is InChI=1S/C13H16N2S/c1-3-10-5-6-12(11(4-2)9-10)15-8-7-14-13(15)16/h5-9H,3-4H2,1-2H3,(H,14,16). The number of nitrogens with zero attached hydrogens (tertiary/aromatic N) is 1. The highest BCUT2D eigenvalue weighted by Crippen LogP contribution is 2.18. The molecule has 1 aromatic carbocycles. The zero-order chi connectivity index (χ0) is 11.5. The number of aromatic nitrogens is 2. The summed E-state index contributed by atoms with van der Waals surface area (Å²) in [6.07, 6.45) is 5.94. The molecule has 0 aliphatic heterocycles. The van der Waals surface area contributed by atoms with Gasteiger partial charge in [0.15, 0.2) is 4.77 Å². The fraction of sp³-hybridized carbons (Fsp3) is 0.308. The van der Waals surface area contributed by atoms with E-state index in [0.717, 1.165) is 17.6 Å². The largest absolute Gasteiger partial charge is 0.337 e. The molecule has 0 saturated carbocycles. The average Bonchev–Trinajstić information content (AvgIpc) is 2.74. The van der Waals surface area contributed by atoms with Gasteiger partial charge < -0.3 is 4.98 Å². The van der Waals surface area contributed by atoms with Gasteiger partial charge in [-0.2, -0.15) is 0 Å². The molecule has 0 radical (unpaired) electrons. The molecular formula is C13H16N2S. The minimum atomic E-state index is 0.749. The molecule has 1 N–H and O–H groups in total. The highest BCUT2D eigenvalue weighted by Gasteiger charge is 2.04. The number of aromatic amines is 1. The van der Waals surface area contributed by atoms with Crippen molar-refractivity contribution in [1.82, 2.24) is 9.55 Å². The molecule has 1 aromatic heterocycles. The molecule has 0 spiro atoms. The lowest BCUT2D eigenvalue weighted by Crippen LogP contribution is -1.99. The van der Waals surface area contributed by atoms with Crippen molar-refractivity contribution in [3.8, 4) is 5.69 Å². The molecule has 0 amide bonds. The van der Waals surface area contributed by atoms with E-state index in [1.807, 2.05) is 17.0 Å². The quantitative estimate of drug-likeness (QED) is 0.801. The Balaban J connectivity index is 2.57. The van der Waals surface area contributed by atoms with Crippen molar-refractivity contribution in [1.29, 1.82) is 0 Å². The van der Waals surface area contributed by atoms with Crippen molar-refractivity contribution in [3.63, 3.8) is 0 Å². The molecule has 16 heavy (non-hydrogen) atoms. The van der Waals surface area contributed by atoms with Crippen LogP contribution in [0.4, 0.5) is 0 Å². The Morgan fingerprint density at radius 1 is 1.25 bits per heavy atom. The zero-order valence-electron chi connectivity index (χ0n) is 9.66. The van der Waals surface area contributed by atoms with Crippen LogP contribution in [0, 0.1) is 4.77 Å². The van der Waals surface area contributed by atoms with Crippen molar-refractivity contribution < 1.29 is 0 Å². The third kappa shape index (κ3) is 1.95. The molecule has 2 aromatic rings. The Bertz CT molecular complexity index is 537. The summed E-state index contributed by atoms with van der Waals surface area (Å²) in [5.41, 5.74) is 3.91. The third-order valence-electron chi connectivity index (χ3n) is 2.84. The van der Waals surface area contributed by atoms with Gasteiger partial charge in [-0.15, -0.1) is 0 Å². The first-order valence-electron chi connectivity index (χ1n) is 5.64. The number of benzene rings is 1. The first kappa shape index (κ1) is 11.1. The van der Waals surface area contributed by atoms with Crippen molar-refractivity contribution >= 4 is 12.2 Å². The van der Waals surface area contributed by atoms with E-state index in [-0.39, 0.29) is 0 Å². The number of imidazole rings is 1. The second-order valence-electron chi connectivity index (χ2n) is 3.81. The number of aryl methyl sites for hydroxylation is 2. The van der Waals surface area contributed by atoms with Gasteiger partial charge in [0.2, 0.25) is 0 Å². The zero-order valence-corrected chi connectivity index (χ0v) is 10.5. The van der Waals surface area contributed by atoms with Crippen LogP contribution >= 0.6 is 12.2 Å². The Labute approximate surface area is 101 Å². The van der Waals surface area contributed by atoms with E-state index in [1.165, 1.54) is 16.8 Å². The molecule has 0 bridgehead atoms. The molecule has 0 atom stereocenters. The van der Waals surface area contributed by atoms with Crippen LogP contribution in [-0.2, 0) is 12.8 Å². The van der Waals surface area contributed by atoms with Gasteiger partial charge >= 0.3 is 0 Å². The molecule has 1 heterocycles. The fourth-order valence-corrected chi connectivity index (χ4v) is 2.11. The Hall–Kier alpha value is -1.35. The van der Waals surface area contributed by atoms with E-state index in [9.17, 15) is 0 Å². The predicted molar refractivity (Wildman–Crippen MR) is 69.7 cm³/mol. The van der Waals surface area contributed by atoms with Crippen LogP contribution < -0.4 is 0 Å². The summed E-state index contributed by atoms with van der Waals surface area (Å²) >= 11 is 5.24. The normalized spacial score (nSPS) is 10.6. The first-order valence-corrected chi connectivity index (χ1v) is 6.05. The molecule has 0 unspecified atom stereocenters. The Morgan fingerprint density at radius 3 is 2.62 bits per heavy atom. The average molecular weight is 232 g/mol. The molecule has 2 nitrogen and oxygen atoms in total. The van der Waals surface area contributed by atoms with E-state index in [4.69, 9.17) is 12.2 Å². The monoisotopic (exact) mass is 232 g/mol. The lowest BCUT2D eigenvalue weighted by molar-refractivity contribution is 0.977. The molecule has 0 fully saturated rings. The summed E-state index contributed by atoms with van der Waals surface area (Å²) in [7, 11) is 0. The molecule has 0 aliphatic rings. The van der Waals surface area contributed by atoms with E-state index in [2.05, 4.69) is 37.0 Å². The second-order valence-corrected chi connectivity index (χ2v) is 4.19. The van der Waals surface area contributed by atoms with Gasteiger partial charge in [-0.05, 0) is 42.3 Å². The molecular weight excluding hydrogens is 216 g/mol. The van der Waals surface area contributed by atoms with Gasteiger partial charge in [0.05, 0.1) is 5.69 Å². The minimum Gasteiger partial charge on any atom is -0.337 e. The van der Waals surface area contributed by atoms with E-state index < -0.39 is 0 Å². The van der Waals surface area contributed by atoms with E-state index >= 15 is 0 Å². The van der Waals surface area contributed by atoms with Gasteiger partial charge in [0.25, 0.3) is 0 Å². The number of nitrogens with one attached hydrogen (secondary N) is 1. The Morgan fingerprint density at radius 2 is 2.06 bits per heavy atom. The summed E-state index contributed by atoms with van der Waals surface area (Å²) in [4.78, 5) is 3.02. The lowest BCUT2D eigenvalue weighted by Gasteiger charge is -2.10. The van der Waals surface area contributed by atoms with Crippen LogP contribution in [0.25, 0.3) is 5.69 Å². The molecule has 84 valence electrons. The van der Waals surface area contributed by atoms with Crippen LogP contribution in [0.3, 0.4) is 0 Å². The van der Waals surface area contributed by atoms with Crippen molar-refractivity contribution in [2.75, 3.05) is 0 Å². The fourth-order valence-electron chi connectivity index (χ4n) is 1.89. The highest BCUT2D eigenvalue weighted by molar-refractivity contribution is 7.71. The van der Waals surface area contributed by atoms with Gasteiger partial charge in [-0.1, -0.05) is 26.0 Å². The summed E-state index contributed by atoms with van der Waals surface area (Å²) in [5, 5.41) is 0. The second kappa shape index (κ2) is 4.66. The number of hydrogen-bond donors (Lipinski definition) is 1. The molecule has 0 aliphatic carbocycles. The SMILES string of the molecule is CCc1ccc(-n2cc[nH]c2=S)c(CC)c1. The molecule has 2 rings (SSSR count). The lowest BCUT2D eigenvalue weighted by atomic mass is 10.0. The highest BCUT2D eigenvalue weighted by atomic mass is 32.1. The van der Waals surface area contributed by atoms with Crippen molar-refractivity contribution in [2.45, 2.75) is 26.7 Å². The maximum absolute atomic E-state index is 5.24. The van der Waals surface area contributed by atoms with Gasteiger partial charge in [0, 0.05) is 12.4 Å². The maximum atomic E-state index is 5.24. The van der Waals surface area contributed by atoms with Crippen LogP contribution in [0.1, 0.15) is 25.0 Å². The van der Waals surface area contributed by atoms with Crippen molar-refractivity contribution in [3.05, 3.63) is 46.5 Å². The van der Waals surface area contributed by atoms with Gasteiger partial charge in [0.1, 0.15) is 0 Å². The summed E-state index contributed by atoms with van der Waals surface area (Å²) in [5.74, 6) is 0. The van der Waals surface area contributed by atoms with Crippen LogP contribution in [0.5, 0.6) is 0 Å². The van der Waals surface area contributed by atoms with Crippen LogP contribution in [-0.4, -0.2) is 9.55 Å². The molecule has 3 heteroatoms. The van der Waals surface area contributed by atoms with Gasteiger partial charge in [-0.3, -0.25) is 4.57 Å². The summed E-state index contributed by atoms with van der Waals surface area (Å²) in [6, 6.07) is 6.59. The summed E-state index contributed by atoms with van der Waals surface area (Å²) < 4.78 is 2.77. The number of hydrogen-bond acceptors (Lipinski definition) is 1. The van der Waals surface area contributed by atoms with E-state index in [0.29, 0.717) is 0 Å². The number of rotatable bonds is 3. The first-order chi connectivity index (χ1) is 7.76. The van der Waals surface area contributed by atoms with Crippen LogP contribution in [0.2, 0.25) is 0 Å². The smallest absolute Gasteiger partial charge is 0.181 e. The van der Waals surface area contributed by atoms with Gasteiger partial charge in [-0.25, -0.2) is 0 Å². The van der Waals surface area contributed by atoms with E-state index in [1.54, 1.807) is 0 Å². The summed E-state index contributed by atoms with van der Waals surface area (Å²) in [6.45, 7) is 4.35. The topological polar surface area (TPSA) is 20.7 Å². The van der Waals surface area contributed by atoms with Crippen molar-refractivity contribution in [2.24, 2.45) is 0 Å².